The zero-order valence-corrected chi connectivity index (χ0v) is 13.8. The number of nitrogens with one attached hydrogen (secondary N) is 1. The standard InChI is InChI=1S/C16H18ClN5O/c1-21(2)10-15(23)22-8-6-11-3-4-12(9-13(11)22)19-16-18-7-5-14(17)20-16/h3-5,7,9H,6,8,10H2,1-2H3,(H,18,19,20). The van der Waals surface area contributed by atoms with Crippen molar-refractivity contribution in [2.24, 2.45) is 0 Å². The fourth-order valence-electron chi connectivity index (χ4n) is 2.60. The molecule has 2 heterocycles. The number of hydrogen-bond acceptors (Lipinski definition) is 5. The third kappa shape index (κ3) is 3.60. The molecule has 0 aliphatic carbocycles. The number of halogens is 1. The Hall–Kier alpha value is -2.18. The SMILES string of the molecule is CN(C)CC(=O)N1CCc2ccc(Nc3nccc(Cl)n3)cc21. The van der Waals surface area contributed by atoms with Gasteiger partial charge in [-0.15, -0.1) is 0 Å². The molecule has 0 bridgehead atoms. The number of nitrogens with zero attached hydrogens (tertiary/aromatic N) is 4. The first-order valence-corrected chi connectivity index (χ1v) is 7.74. The summed E-state index contributed by atoms with van der Waals surface area (Å²) in [5.41, 5.74) is 2.95. The lowest BCUT2D eigenvalue weighted by Crippen LogP contribution is -2.36. The molecule has 3 rings (SSSR count). The molecule has 0 fully saturated rings. The van der Waals surface area contributed by atoms with E-state index in [-0.39, 0.29) is 5.91 Å². The number of carbonyl (C=O) groups excluding carboxylic acids is 1. The average molecular weight is 332 g/mol. The highest BCUT2D eigenvalue weighted by atomic mass is 35.5. The average Bonchev–Trinajstić information content (AvgIpc) is 2.89. The van der Waals surface area contributed by atoms with Crippen LogP contribution < -0.4 is 10.2 Å². The molecular formula is C16H18ClN5O. The van der Waals surface area contributed by atoms with Crippen molar-refractivity contribution < 1.29 is 4.79 Å². The first-order chi connectivity index (χ1) is 11.0. The molecule has 1 amide bonds. The quantitative estimate of drug-likeness (QED) is 0.871. The molecule has 0 saturated carbocycles. The fraction of sp³-hybridized carbons (Fsp3) is 0.312. The maximum Gasteiger partial charge on any atom is 0.241 e. The van der Waals surface area contributed by atoms with Crippen LogP contribution in [0.4, 0.5) is 17.3 Å². The minimum absolute atomic E-state index is 0.102. The van der Waals surface area contributed by atoms with Gasteiger partial charge in [0.2, 0.25) is 11.9 Å². The van der Waals surface area contributed by atoms with Gasteiger partial charge in [-0.25, -0.2) is 9.97 Å². The molecule has 1 N–H and O–H groups in total. The van der Waals surface area contributed by atoms with Crippen LogP contribution in [0.15, 0.2) is 30.5 Å². The monoisotopic (exact) mass is 331 g/mol. The highest BCUT2D eigenvalue weighted by Crippen LogP contribution is 2.31. The van der Waals surface area contributed by atoms with Gasteiger partial charge in [-0.1, -0.05) is 17.7 Å². The van der Waals surface area contributed by atoms with Gasteiger partial charge in [-0.2, -0.15) is 0 Å². The number of carbonyl (C=O) groups is 1. The van der Waals surface area contributed by atoms with Gasteiger partial charge in [0.25, 0.3) is 0 Å². The maximum absolute atomic E-state index is 12.4. The minimum atomic E-state index is 0.102. The molecule has 0 saturated heterocycles. The zero-order chi connectivity index (χ0) is 16.4. The van der Waals surface area contributed by atoms with Crippen LogP contribution in [0.1, 0.15) is 5.56 Å². The molecular weight excluding hydrogens is 314 g/mol. The molecule has 120 valence electrons. The lowest BCUT2D eigenvalue weighted by atomic mass is 10.1. The van der Waals surface area contributed by atoms with Crippen LogP contribution in [0, 0.1) is 0 Å². The molecule has 1 aliphatic heterocycles. The Labute approximate surface area is 140 Å². The van der Waals surface area contributed by atoms with Gasteiger partial charge >= 0.3 is 0 Å². The summed E-state index contributed by atoms with van der Waals surface area (Å²) in [5.74, 6) is 0.534. The molecule has 0 atom stereocenters. The van der Waals surface area contributed by atoms with Crippen LogP contribution in [-0.4, -0.2) is 48.0 Å². The van der Waals surface area contributed by atoms with E-state index in [1.807, 2.05) is 42.1 Å². The lowest BCUT2D eigenvalue weighted by Gasteiger charge is -2.20. The normalized spacial score (nSPS) is 13.3. The number of likely N-dealkylation sites (N-methyl/N-ethyl adjacent to an activating group) is 1. The molecule has 1 aromatic heterocycles. The van der Waals surface area contributed by atoms with Crippen LogP contribution in [0.3, 0.4) is 0 Å². The van der Waals surface area contributed by atoms with Crippen molar-refractivity contribution in [3.05, 3.63) is 41.2 Å². The predicted octanol–water partition coefficient (Wildman–Crippen LogP) is 2.32. The van der Waals surface area contributed by atoms with E-state index >= 15 is 0 Å². The lowest BCUT2D eigenvalue weighted by molar-refractivity contribution is -0.119. The molecule has 1 aliphatic rings. The summed E-state index contributed by atoms with van der Waals surface area (Å²) in [4.78, 5) is 24.3. The highest BCUT2D eigenvalue weighted by molar-refractivity contribution is 6.29. The number of rotatable bonds is 4. The number of benzene rings is 1. The summed E-state index contributed by atoms with van der Waals surface area (Å²) in [6.07, 6.45) is 2.47. The number of fused-ring (bicyclic) bond motifs is 1. The second-order valence-corrected chi connectivity index (χ2v) is 6.09. The Kier molecular flexibility index (Phi) is 4.45. The van der Waals surface area contributed by atoms with Gasteiger partial charge in [-0.3, -0.25) is 4.79 Å². The Morgan fingerprint density at radius 1 is 1.39 bits per heavy atom. The molecule has 6 nitrogen and oxygen atoms in total. The molecule has 1 aromatic carbocycles. The van der Waals surface area contributed by atoms with E-state index in [1.165, 1.54) is 5.56 Å². The summed E-state index contributed by atoms with van der Waals surface area (Å²) >= 11 is 5.87. The third-order valence-electron chi connectivity index (χ3n) is 3.61. The van der Waals surface area contributed by atoms with E-state index in [2.05, 4.69) is 15.3 Å². The van der Waals surface area contributed by atoms with Gasteiger partial charge in [0.1, 0.15) is 5.15 Å². The first kappa shape index (κ1) is 15.7. The van der Waals surface area contributed by atoms with E-state index in [9.17, 15) is 4.79 Å². The van der Waals surface area contributed by atoms with E-state index in [4.69, 9.17) is 11.6 Å². The van der Waals surface area contributed by atoms with E-state index < -0.39 is 0 Å². The van der Waals surface area contributed by atoms with Gasteiger partial charge in [0.05, 0.1) is 6.54 Å². The van der Waals surface area contributed by atoms with Gasteiger partial charge < -0.3 is 15.1 Å². The van der Waals surface area contributed by atoms with Crippen molar-refractivity contribution >= 4 is 34.8 Å². The van der Waals surface area contributed by atoms with Gasteiger partial charge in [0.15, 0.2) is 0 Å². The summed E-state index contributed by atoms with van der Waals surface area (Å²) < 4.78 is 0. The molecule has 23 heavy (non-hydrogen) atoms. The van der Waals surface area contributed by atoms with Gasteiger partial charge in [0, 0.05) is 24.1 Å². The molecule has 0 spiro atoms. The predicted molar refractivity (Wildman–Crippen MR) is 91.4 cm³/mol. The van der Waals surface area contributed by atoms with Crippen molar-refractivity contribution in [3.63, 3.8) is 0 Å². The van der Waals surface area contributed by atoms with Crippen molar-refractivity contribution in [1.82, 2.24) is 14.9 Å². The highest BCUT2D eigenvalue weighted by Gasteiger charge is 2.25. The van der Waals surface area contributed by atoms with Crippen LogP contribution in [-0.2, 0) is 11.2 Å². The summed E-state index contributed by atoms with van der Waals surface area (Å²) in [7, 11) is 3.78. The summed E-state index contributed by atoms with van der Waals surface area (Å²) in [5, 5.41) is 3.50. The second kappa shape index (κ2) is 6.52. The van der Waals surface area contributed by atoms with E-state index in [0.29, 0.717) is 17.6 Å². The Bertz CT molecular complexity index is 734. The van der Waals surface area contributed by atoms with Crippen molar-refractivity contribution in [2.75, 3.05) is 37.4 Å². The number of hydrogen-bond donors (Lipinski definition) is 1. The van der Waals surface area contributed by atoms with Crippen LogP contribution in [0.25, 0.3) is 0 Å². The first-order valence-electron chi connectivity index (χ1n) is 7.36. The number of amides is 1. The van der Waals surface area contributed by atoms with Crippen LogP contribution in [0.5, 0.6) is 0 Å². The van der Waals surface area contributed by atoms with Crippen molar-refractivity contribution in [3.8, 4) is 0 Å². The Balaban J connectivity index is 1.82. The largest absolute Gasteiger partial charge is 0.324 e. The summed E-state index contributed by atoms with van der Waals surface area (Å²) in [6.45, 7) is 1.12. The third-order valence-corrected chi connectivity index (χ3v) is 3.82. The second-order valence-electron chi connectivity index (χ2n) is 5.70. The molecule has 0 radical (unpaired) electrons. The smallest absolute Gasteiger partial charge is 0.241 e. The number of aromatic nitrogens is 2. The Morgan fingerprint density at radius 2 is 2.22 bits per heavy atom. The summed E-state index contributed by atoms with van der Waals surface area (Å²) in [6, 6.07) is 7.57. The molecule has 0 unspecified atom stereocenters. The van der Waals surface area contributed by atoms with Crippen LogP contribution in [0.2, 0.25) is 5.15 Å². The van der Waals surface area contributed by atoms with E-state index in [0.717, 1.165) is 24.3 Å². The van der Waals surface area contributed by atoms with Crippen LogP contribution >= 0.6 is 11.6 Å². The topological polar surface area (TPSA) is 61.4 Å². The van der Waals surface area contributed by atoms with Gasteiger partial charge in [-0.05, 0) is 44.3 Å². The molecule has 2 aromatic rings. The molecule has 7 heteroatoms. The minimum Gasteiger partial charge on any atom is -0.324 e. The fourth-order valence-corrected chi connectivity index (χ4v) is 2.73. The zero-order valence-electron chi connectivity index (χ0n) is 13.1. The maximum atomic E-state index is 12.4. The number of anilines is 3. The van der Waals surface area contributed by atoms with Crippen molar-refractivity contribution in [2.45, 2.75) is 6.42 Å². The van der Waals surface area contributed by atoms with Crippen molar-refractivity contribution in [1.29, 1.82) is 0 Å². The Morgan fingerprint density at radius 3 is 2.96 bits per heavy atom. The van der Waals surface area contributed by atoms with E-state index in [1.54, 1.807) is 12.3 Å².